The first-order valence-electron chi connectivity index (χ1n) is 6.63. The third-order valence-electron chi connectivity index (χ3n) is 2.98. The second kappa shape index (κ2) is 5.57. The van der Waals surface area contributed by atoms with Crippen molar-refractivity contribution in [2.45, 2.75) is 37.6 Å². The number of pyridine rings is 1. The molecule has 0 bridgehead atoms. The van der Waals surface area contributed by atoms with Crippen molar-refractivity contribution in [1.29, 1.82) is 0 Å². The van der Waals surface area contributed by atoms with Gasteiger partial charge in [-0.1, -0.05) is 26.8 Å². The minimum Gasteiger partial charge on any atom is -0.274 e. The fourth-order valence-corrected chi connectivity index (χ4v) is 3.35. The minimum atomic E-state index is -3.61. The van der Waals surface area contributed by atoms with Crippen LogP contribution < -0.4 is 4.72 Å². The highest BCUT2D eigenvalue weighted by Gasteiger charge is 2.29. The highest BCUT2D eigenvalue weighted by molar-refractivity contribution is 7.89. The zero-order valence-corrected chi connectivity index (χ0v) is 13.5. The van der Waals surface area contributed by atoms with Gasteiger partial charge in [-0.3, -0.25) is 9.67 Å². The molecule has 0 amide bonds. The van der Waals surface area contributed by atoms with E-state index in [2.05, 4.69) is 14.8 Å². The molecule has 0 aliphatic carbocycles. The van der Waals surface area contributed by atoms with Crippen LogP contribution in [0.2, 0.25) is 0 Å². The Balaban J connectivity index is 2.28. The van der Waals surface area contributed by atoms with E-state index in [1.165, 1.54) is 10.9 Å². The second-order valence-electron chi connectivity index (χ2n) is 5.95. The van der Waals surface area contributed by atoms with Crippen molar-refractivity contribution < 1.29 is 8.42 Å². The minimum absolute atomic E-state index is 0.203. The highest BCUT2D eigenvalue weighted by atomic mass is 32.2. The molecule has 114 valence electrons. The van der Waals surface area contributed by atoms with Crippen LogP contribution in [0.3, 0.4) is 0 Å². The summed E-state index contributed by atoms with van der Waals surface area (Å²) in [7, 11) is -1.89. The SMILES string of the molecule is Cn1cc(S(=O)(=O)NCc2cccnc2)c(C(C)(C)C)n1. The molecule has 0 aliphatic heterocycles. The maximum Gasteiger partial charge on any atom is 0.244 e. The number of nitrogens with zero attached hydrogens (tertiary/aromatic N) is 3. The molecule has 0 aromatic carbocycles. The fourth-order valence-electron chi connectivity index (χ4n) is 1.94. The van der Waals surface area contributed by atoms with E-state index in [4.69, 9.17) is 0 Å². The summed E-state index contributed by atoms with van der Waals surface area (Å²) >= 11 is 0. The van der Waals surface area contributed by atoms with Gasteiger partial charge in [-0.2, -0.15) is 5.10 Å². The Morgan fingerprint density at radius 3 is 2.62 bits per heavy atom. The van der Waals surface area contributed by atoms with Crippen LogP contribution >= 0.6 is 0 Å². The van der Waals surface area contributed by atoms with Crippen LogP contribution in [0.15, 0.2) is 35.6 Å². The summed E-state index contributed by atoms with van der Waals surface area (Å²) in [6.45, 7) is 6.02. The van der Waals surface area contributed by atoms with Crippen LogP contribution in [0.1, 0.15) is 32.0 Å². The van der Waals surface area contributed by atoms with Gasteiger partial charge in [-0.05, 0) is 11.6 Å². The van der Waals surface area contributed by atoms with E-state index >= 15 is 0 Å². The van der Waals surface area contributed by atoms with Crippen LogP contribution in [-0.2, 0) is 29.0 Å². The number of sulfonamides is 1. The van der Waals surface area contributed by atoms with Crippen molar-refractivity contribution >= 4 is 10.0 Å². The number of hydrogen-bond acceptors (Lipinski definition) is 4. The molecule has 2 aromatic rings. The van der Waals surface area contributed by atoms with Gasteiger partial charge < -0.3 is 0 Å². The van der Waals surface area contributed by atoms with Crippen molar-refractivity contribution in [3.8, 4) is 0 Å². The zero-order chi connectivity index (χ0) is 15.7. The van der Waals surface area contributed by atoms with Crippen LogP contribution in [0.5, 0.6) is 0 Å². The summed E-state index contributed by atoms with van der Waals surface area (Å²) < 4.78 is 29.1. The lowest BCUT2D eigenvalue weighted by molar-refractivity contribution is 0.535. The summed E-state index contributed by atoms with van der Waals surface area (Å²) in [6, 6.07) is 3.59. The average molecular weight is 308 g/mol. The summed E-state index contributed by atoms with van der Waals surface area (Å²) in [5.74, 6) is 0. The third-order valence-corrected chi connectivity index (χ3v) is 4.39. The van der Waals surface area contributed by atoms with Crippen molar-refractivity contribution in [1.82, 2.24) is 19.5 Å². The molecule has 0 unspecified atom stereocenters. The smallest absolute Gasteiger partial charge is 0.244 e. The topological polar surface area (TPSA) is 76.9 Å². The van der Waals surface area contributed by atoms with Gasteiger partial charge in [0.25, 0.3) is 0 Å². The van der Waals surface area contributed by atoms with Crippen molar-refractivity contribution in [2.75, 3.05) is 0 Å². The Kier molecular flexibility index (Phi) is 4.15. The summed E-state index contributed by atoms with van der Waals surface area (Å²) in [5, 5.41) is 4.29. The van der Waals surface area contributed by atoms with Gasteiger partial charge in [0.05, 0.1) is 5.69 Å². The van der Waals surface area contributed by atoms with E-state index in [9.17, 15) is 8.42 Å². The first kappa shape index (κ1) is 15.7. The molecule has 0 spiro atoms. The van der Waals surface area contributed by atoms with Crippen molar-refractivity contribution in [2.24, 2.45) is 7.05 Å². The standard InChI is InChI=1S/C14H20N4O2S/c1-14(2,3)13-12(10-18(4)17-13)21(19,20)16-9-11-6-5-7-15-8-11/h5-8,10,16H,9H2,1-4H3. The molecule has 0 atom stereocenters. The molecule has 2 heterocycles. The van der Waals surface area contributed by atoms with Crippen LogP contribution in [0.25, 0.3) is 0 Å². The van der Waals surface area contributed by atoms with Gasteiger partial charge in [-0.15, -0.1) is 0 Å². The highest BCUT2D eigenvalue weighted by Crippen LogP contribution is 2.27. The monoisotopic (exact) mass is 308 g/mol. The van der Waals surface area contributed by atoms with E-state index in [-0.39, 0.29) is 16.9 Å². The molecule has 0 radical (unpaired) electrons. The van der Waals surface area contributed by atoms with Crippen LogP contribution in [-0.4, -0.2) is 23.2 Å². The van der Waals surface area contributed by atoms with Crippen molar-refractivity contribution in [3.63, 3.8) is 0 Å². The van der Waals surface area contributed by atoms with E-state index in [1.54, 1.807) is 25.5 Å². The molecule has 0 aliphatic rings. The fraction of sp³-hybridized carbons (Fsp3) is 0.429. The number of aromatic nitrogens is 3. The van der Waals surface area contributed by atoms with Gasteiger partial charge in [0.15, 0.2) is 0 Å². The number of hydrogen-bond donors (Lipinski definition) is 1. The predicted octanol–water partition coefficient (Wildman–Crippen LogP) is 1.59. The molecule has 2 rings (SSSR count). The summed E-state index contributed by atoms with van der Waals surface area (Å²) in [5.41, 5.74) is 1.02. The molecule has 7 heteroatoms. The quantitative estimate of drug-likeness (QED) is 0.930. The van der Waals surface area contributed by atoms with Gasteiger partial charge in [0.1, 0.15) is 4.90 Å². The Morgan fingerprint density at radius 1 is 1.33 bits per heavy atom. The number of nitrogens with one attached hydrogen (secondary N) is 1. The average Bonchev–Trinajstić information content (AvgIpc) is 2.81. The third kappa shape index (κ3) is 3.68. The molecular formula is C14H20N4O2S. The van der Waals surface area contributed by atoms with E-state index < -0.39 is 10.0 Å². The maximum atomic E-state index is 12.5. The number of aryl methyl sites for hydroxylation is 1. The van der Waals surface area contributed by atoms with Gasteiger partial charge in [0.2, 0.25) is 10.0 Å². The molecule has 0 saturated heterocycles. The summed E-state index contributed by atoms with van der Waals surface area (Å²) in [4.78, 5) is 4.19. The first-order valence-corrected chi connectivity index (χ1v) is 8.11. The Bertz CT molecular complexity index is 715. The Morgan fingerprint density at radius 2 is 2.05 bits per heavy atom. The molecule has 1 N–H and O–H groups in total. The normalized spacial score (nSPS) is 12.6. The van der Waals surface area contributed by atoms with Gasteiger partial charge >= 0.3 is 0 Å². The molecule has 21 heavy (non-hydrogen) atoms. The Labute approximate surface area is 125 Å². The molecule has 0 saturated carbocycles. The lowest BCUT2D eigenvalue weighted by atomic mass is 9.92. The molecule has 6 nitrogen and oxygen atoms in total. The molecular weight excluding hydrogens is 288 g/mol. The molecule has 2 aromatic heterocycles. The second-order valence-corrected chi connectivity index (χ2v) is 7.69. The maximum absolute atomic E-state index is 12.5. The van der Waals surface area contributed by atoms with Crippen LogP contribution in [0.4, 0.5) is 0 Å². The van der Waals surface area contributed by atoms with Crippen molar-refractivity contribution in [3.05, 3.63) is 42.0 Å². The van der Waals surface area contributed by atoms with Crippen LogP contribution in [0, 0.1) is 0 Å². The Hall–Kier alpha value is -1.73. The zero-order valence-electron chi connectivity index (χ0n) is 12.7. The number of rotatable bonds is 4. The van der Waals surface area contributed by atoms with E-state index in [1.807, 2.05) is 26.8 Å². The van der Waals surface area contributed by atoms with Gasteiger partial charge in [0, 0.05) is 37.6 Å². The lowest BCUT2D eigenvalue weighted by Gasteiger charge is -2.17. The summed E-state index contributed by atoms with van der Waals surface area (Å²) in [6.07, 6.45) is 4.82. The largest absolute Gasteiger partial charge is 0.274 e. The van der Waals surface area contributed by atoms with Gasteiger partial charge in [-0.25, -0.2) is 13.1 Å². The van der Waals surface area contributed by atoms with E-state index in [0.717, 1.165) is 5.56 Å². The lowest BCUT2D eigenvalue weighted by Crippen LogP contribution is -2.26. The predicted molar refractivity (Wildman–Crippen MR) is 80.2 cm³/mol. The first-order chi connectivity index (χ1) is 9.70. The van der Waals surface area contributed by atoms with E-state index in [0.29, 0.717) is 5.69 Å². The molecule has 0 fully saturated rings.